The third kappa shape index (κ3) is 2.69. The van der Waals surface area contributed by atoms with Crippen molar-refractivity contribution >= 4 is 5.78 Å². The average molecular weight is 375 g/mol. The van der Waals surface area contributed by atoms with Gasteiger partial charge in [-0.1, -0.05) is 0 Å². The Bertz CT molecular complexity index is 796. The van der Waals surface area contributed by atoms with Crippen LogP contribution in [0.3, 0.4) is 0 Å². The van der Waals surface area contributed by atoms with Gasteiger partial charge in [0.15, 0.2) is 29.5 Å². The molecule has 8 nitrogen and oxygen atoms in total. The Kier molecular flexibility index (Phi) is 4.52. The second kappa shape index (κ2) is 6.12. The fourth-order valence-corrected chi connectivity index (χ4v) is 2.45. The number of ketones is 1. The summed E-state index contributed by atoms with van der Waals surface area (Å²) in [5, 5.41) is 57.7. The SMILES string of the molecule is O=C1c2c(O)cc(O)cc2O[C@H](c2cc(O)c(O)c(O)c2)[C@H]1O.[Mn+2]. The molecule has 1 aliphatic heterocycles. The Balaban J connectivity index is 0.00000208. The van der Waals surface area contributed by atoms with Gasteiger partial charge in [0.05, 0.1) is 0 Å². The molecule has 6 N–H and O–H groups in total. The van der Waals surface area contributed by atoms with Gasteiger partial charge in [0, 0.05) is 17.7 Å². The summed E-state index contributed by atoms with van der Waals surface area (Å²) in [4.78, 5) is 12.2. The van der Waals surface area contributed by atoms with Gasteiger partial charge in [-0.05, 0) is 12.1 Å². The number of Topliss-reactive ketones (excluding diaryl/α,β-unsaturated/α-hetero) is 1. The Morgan fingerprint density at radius 1 is 0.875 bits per heavy atom. The maximum absolute atomic E-state index is 12.2. The molecule has 0 unspecified atom stereocenters. The normalized spacial score (nSPS) is 19.1. The molecule has 1 aliphatic rings. The van der Waals surface area contributed by atoms with Crippen LogP contribution in [-0.2, 0) is 17.1 Å². The maximum atomic E-state index is 12.2. The van der Waals surface area contributed by atoms with Crippen molar-refractivity contribution in [1.29, 1.82) is 0 Å². The zero-order valence-corrected chi connectivity index (χ0v) is 13.0. The van der Waals surface area contributed by atoms with Crippen LogP contribution in [0.5, 0.6) is 34.5 Å². The molecule has 2 aromatic rings. The predicted octanol–water partition coefficient (Wildman–Crippen LogP) is 0.889. The molecule has 2 atom stereocenters. The first-order valence-electron chi connectivity index (χ1n) is 6.49. The van der Waals surface area contributed by atoms with Gasteiger partial charge in [0.25, 0.3) is 0 Å². The fourth-order valence-electron chi connectivity index (χ4n) is 2.45. The van der Waals surface area contributed by atoms with E-state index in [0.29, 0.717) is 0 Å². The minimum atomic E-state index is -1.72. The first kappa shape index (κ1) is 17.7. The second-order valence-electron chi connectivity index (χ2n) is 5.09. The number of fused-ring (bicyclic) bond motifs is 1. The van der Waals surface area contributed by atoms with Crippen molar-refractivity contribution in [2.45, 2.75) is 12.2 Å². The third-order valence-corrected chi connectivity index (χ3v) is 3.54. The summed E-state index contributed by atoms with van der Waals surface area (Å²) in [5.41, 5.74) is -0.258. The van der Waals surface area contributed by atoms with Gasteiger partial charge >= 0.3 is 17.1 Å². The minimum Gasteiger partial charge on any atom is -0.508 e. The van der Waals surface area contributed by atoms with E-state index in [1.165, 1.54) is 0 Å². The van der Waals surface area contributed by atoms with E-state index in [4.69, 9.17) is 4.74 Å². The number of aliphatic hydroxyl groups excluding tert-OH is 1. The van der Waals surface area contributed by atoms with E-state index in [9.17, 15) is 35.4 Å². The van der Waals surface area contributed by atoms with E-state index in [-0.39, 0.29) is 39.7 Å². The average Bonchev–Trinajstić information content (AvgIpc) is 2.47. The van der Waals surface area contributed by atoms with Crippen molar-refractivity contribution < 1.29 is 57.2 Å². The Labute approximate surface area is 145 Å². The van der Waals surface area contributed by atoms with Crippen LogP contribution in [0.1, 0.15) is 22.0 Å². The van der Waals surface area contributed by atoms with Crippen LogP contribution in [-0.4, -0.2) is 42.5 Å². The van der Waals surface area contributed by atoms with Crippen molar-refractivity contribution in [2.75, 3.05) is 0 Å². The summed E-state index contributed by atoms with van der Waals surface area (Å²) in [6, 6.07) is 4.06. The van der Waals surface area contributed by atoms with E-state index in [1.54, 1.807) is 0 Å². The standard InChI is InChI=1S/C15H12O8.Mn/c16-6-3-7(17)11-10(4-6)23-15(14(22)13(11)21)5-1-8(18)12(20)9(19)2-5;/h1-4,14-20,22H;/q;+2/t14-,15+;/m0./s1. The smallest absolute Gasteiger partial charge is 0.508 e. The Morgan fingerprint density at radius 2 is 1.46 bits per heavy atom. The number of carbonyl (C=O) groups excluding carboxylic acids is 1. The summed E-state index contributed by atoms with van der Waals surface area (Å²) in [5.74, 6) is -3.96. The molecule has 9 heteroatoms. The number of hydrogen-bond acceptors (Lipinski definition) is 8. The molecule has 0 aliphatic carbocycles. The molecule has 0 aromatic heterocycles. The van der Waals surface area contributed by atoms with Gasteiger partial charge in [-0.15, -0.1) is 0 Å². The van der Waals surface area contributed by atoms with Crippen molar-refractivity contribution in [3.8, 4) is 34.5 Å². The largest absolute Gasteiger partial charge is 2.00 e. The van der Waals surface area contributed by atoms with Gasteiger partial charge in [-0.3, -0.25) is 4.79 Å². The number of aromatic hydroxyl groups is 5. The first-order chi connectivity index (χ1) is 10.8. The molecule has 3 rings (SSSR count). The van der Waals surface area contributed by atoms with Crippen molar-refractivity contribution in [2.24, 2.45) is 0 Å². The third-order valence-electron chi connectivity index (χ3n) is 3.54. The van der Waals surface area contributed by atoms with E-state index in [0.717, 1.165) is 24.3 Å². The first-order valence-corrected chi connectivity index (χ1v) is 6.49. The molecule has 0 saturated heterocycles. The number of phenolic OH excluding ortho intramolecular Hbond substituents is 5. The molecule has 2 aromatic carbocycles. The second-order valence-corrected chi connectivity index (χ2v) is 5.09. The van der Waals surface area contributed by atoms with E-state index in [1.807, 2.05) is 0 Å². The number of benzene rings is 2. The van der Waals surface area contributed by atoms with Crippen LogP contribution in [0.25, 0.3) is 0 Å². The fraction of sp³-hybridized carbons (Fsp3) is 0.133. The maximum Gasteiger partial charge on any atom is 2.00 e. The Hall–Kier alpha value is -2.61. The summed E-state index contributed by atoms with van der Waals surface area (Å²) >= 11 is 0. The predicted molar refractivity (Wildman–Crippen MR) is 74.9 cm³/mol. The number of hydrogen-bond donors (Lipinski definition) is 6. The summed E-state index contributed by atoms with van der Waals surface area (Å²) in [6.07, 6.45) is -3.03. The molecule has 0 fully saturated rings. The number of aliphatic hydroxyl groups is 1. The number of carbonyl (C=O) groups is 1. The molecule has 0 amide bonds. The molecule has 1 radical (unpaired) electrons. The van der Waals surface area contributed by atoms with Crippen LogP contribution >= 0.6 is 0 Å². The molecular formula is C15H12MnO8+2. The minimum absolute atomic E-state index is 0. The zero-order valence-electron chi connectivity index (χ0n) is 11.8. The topological polar surface area (TPSA) is 148 Å². The zero-order chi connectivity index (χ0) is 16.9. The Morgan fingerprint density at radius 3 is 2.04 bits per heavy atom. The van der Waals surface area contributed by atoms with Gasteiger partial charge in [-0.2, -0.15) is 0 Å². The number of rotatable bonds is 1. The summed E-state index contributed by atoms with van der Waals surface area (Å²) in [7, 11) is 0. The van der Waals surface area contributed by atoms with Crippen LogP contribution in [0, 0.1) is 0 Å². The van der Waals surface area contributed by atoms with Crippen molar-refractivity contribution in [1.82, 2.24) is 0 Å². The quantitative estimate of drug-likeness (QED) is 0.318. The molecule has 0 spiro atoms. The molecule has 125 valence electrons. The molecule has 0 bridgehead atoms. The van der Waals surface area contributed by atoms with Gasteiger partial charge in [-0.25, -0.2) is 0 Å². The van der Waals surface area contributed by atoms with Gasteiger partial charge in [0.1, 0.15) is 22.8 Å². The number of phenols is 5. The molecular weight excluding hydrogens is 363 g/mol. The molecule has 0 saturated carbocycles. The van der Waals surface area contributed by atoms with Crippen molar-refractivity contribution in [3.05, 3.63) is 35.4 Å². The summed E-state index contributed by atoms with van der Waals surface area (Å²) < 4.78 is 5.42. The van der Waals surface area contributed by atoms with Crippen LogP contribution in [0.4, 0.5) is 0 Å². The number of ether oxygens (including phenoxy) is 1. The van der Waals surface area contributed by atoms with Crippen LogP contribution in [0.15, 0.2) is 24.3 Å². The molecule has 24 heavy (non-hydrogen) atoms. The molecule has 1 heterocycles. The summed E-state index contributed by atoms with van der Waals surface area (Å²) in [6.45, 7) is 0. The van der Waals surface area contributed by atoms with Crippen molar-refractivity contribution in [3.63, 3.8) is 0 Å². The van der Waals surface area contributed by atoms with E-state index < -0.39 is 41.0 Å². The van der Waals surface area contributed by atoms with Gasteiger partial charge < -0.3 is 35.4 Å². The van der Waals surface area contributed by atoms with E-state index >= 15 is 0 Å². The van der Waals surface area contributed by atoms with Crippen LogP contribution < -0.4 is 4.74 Å². The van der Waals surface area contributed by atoms with Gasteiger partial charge in [0.2, 0.25) is 5.78 Å². The van der Waals surface area contributed by atoms with Crippen LogP contribution in [0.2, 0.25) is 0 Å². The van der Waals surface area contributed by atoms with E-state index in [2.05, 4.69) is 0 Å². The monoisotopic (exact) mass is 375 g/mol.